The lowest BCUT2D eigenvalue weighted by Gasteiger charge is -2.22. The first-order valence-electron chi connectivity index (χ1n) is 10.4. The molecule has 1 aromatic carbocycles. The fraction of sp³-hybridized carbons (Fsp3) is 0.304. The molecule has 2 N–H and O–H groups in total. The van der Waals surface area contributed by atoms with Crippen LogP contribution in [-0.4, -0.2) is 41.7 Å². The van der Waals surface area contributed by atoms with Gasteiger partial charge < -0.3 is 19.1 Å². The van der Waals surface area contributed by atoms with Crippen molar-refractivity contribution in [1.29, 1.82) is 5.26 Å². The fourth-order valence-corrected chi connectivity index (χ4v) is 3.74. The molecule has 1 saturated heterocycles. The number of fused-ring (bicyclic) bond motifs is 1. The Balaban J connectivity index is 1.52. The third kappa shape index (κ3) is 4.81. The molecule has 2 aromatic heterocycles. The van der Waals surface area contributed by atoms with Gasteiger partial charge in [0.25, 0.3) is 0 Å². The number of rotatable bonds is 5. The highest BCUT2D eigenvalue weighted by Gasteiger charge is 2.29. The summed E-state index contributed by atoms with van der Waals surface area (Å²) in [5.74, 6) is 0.553. The number of carbonyl (C=O) groups is 2. The SMILES string of the molecule is Cc1cc2cc(NC(=N[C@H]3CCCCN(CC(=O)c4ccoc4)C3=O)NC#N)ccc2o1. The predicted octanol–water partition coefficient (Wildman–Crippen LogP) is 3.44. The summed E-state index contributed by atoms with van der Waals surface area (Å²) in [4.78, 5) is 31.6. The van der Waals surface area contributed by atoms with E-state index in [0.29, 0.717) is 24.2 Å². The first-order valence-corrected chi connectivity index (χ1v) is 10.4. The zero-order valence-corrected chi connectivity index (χ0v) is 17.6. The minimum Gasteiger partial charge on any atom is -0.472 e. The van der Waals surface area contributed by atoms with Crippen LogP contribution >= 0.6 is 0 Å². The number of nitrogens with one attached hydrogen (secondary N) is 2. The number of ketones is 1. The van der Waals surface area contributed by atoms with Gasteiger partial charge in [0.2, 0.25) is 11.9 Å². The van der Waals surface area contributed by atoms with Crippen molar-refractivity contribution in [2.75, 3.05) is 18.4 Å². The molecular formula is C23H23N5O4. The van der Waals surface area contributed by atoms with Crippen LogP contribution in [0.4, 0.5) is 5.69 Å². The number of Topliss-reactive ketones (excluding diaryl/α,β-unsaturated/α-hetero) is 1. The molecule has 0 aliphatic carbocycles. The maximum absolute atomic E-state index is 13.1. The number of benzene rings is 1. The molecule has 0 saturated carbocycles. The molecule has 3 aromatic rings. The van der Waals surface area contributed by atoms with Gasteiger partial charge in [-0.3, -0.25) is 14.9 Å². The van der Waals surface area contributed by atoms with Gasteiger partial charge in [0, 0.05) is 17.6 Å². The van der Waals surface area contributed by atoms with Gasteiger partial charge in [0.05, 0.1) is 18.4 Å². The molecule has 1 aliphatic heterocycles. The predicted molar refractivity (Wildman–Crippen MR) is 118 cm³/mol. The number of anilines is 1. The highest BCUT2D eigenvalue weighted by Crippen LogP contribution is 2.23. The van der Waals surface area contributed by atoms with E-state index < -0.39 is 6.04 Å². The summed E-state index contributed by atoms with van der Waals surface area (Å²) in [6, 6.07) is 8.32. The van der Waals surface area contributed by atoms with Gasteiger partial charge in [-0.2, -0.15) is 5.26 Å². The zero-order chi connectivity index (χ0) is 22.5. The van der Waals surface area contributed by atoms with E-state index in [9.17, 15) is 14.9 Å². The Kier molecular flexibility index (Phi) is 6.22. The molecule has 9 heteroatoms. The molecule has 0 spiro atoms. The lowest BCUT2D eigenvalue weighted by Crippen LogP contribution is -2.41. The second-order valence-corrected chi connectivity index (χ2v) is 7.66. The summed E-state index contributed by atoms with van der Waals surface area (Å²) in [5.41, 5.74) is 1.89. The summed E-state index contributed by atoms with van der Waals surface area (Å²) < 4.78 is 10.5. The first-order chi connectivity index (χ1) is 15.5. The number of hydrogen-bond donors (Lipinski definition) is 2. The van der Waals surface area contributed by atoms with Gasteiger partial charge in [-0.1, -0.05) is 0 Å². The number of carbonyl (C=O) groups excluding carboxylic acids is 2. The van der Waals surface area contributed by atoms with Crippen LogP contribution in [0.1, 0.15) is 35.4 Å². The molecule has 0 bridgehead atoms. The monoisotopic (exact) mass is 433 g/mol. The van der Waals surface area contributed by atoms with Crippen molar-refractivity contribution in [3.8, 4) is 6.19 Å². The van der Waals surface area contributed by atoms with Crippen LogP contribution < -0.4 is 10.6 Å². The molecule has 9 nitrogen and oxygen atoms in total. The largest absolute Gasteiger partial charge is 0.472 e. The lowest BCUT2D eigenvalue weighted by molar-refractivity contribution is -0.131. The third-order valence-electron chi connectivity index (χ3n) is 5.29. The number of amides is 1. The summed E-state index contributed by atoms with van der Waals surface area (Å²) in [6.45, 7) is 2.33. The van der Waals surface area contributed by atoms with Gasteiger partial charge >= 0.3 is 0 Å². The number of aliphatic imine (C=N–C) groups is 1. The minimum absolute atomic E-state index is 0.0324. The molecule has 4 rings (SSSR count). The van der Waals surface area contributed by atoms with Gasteiger partial charge in [0.15, 0.2) is 12.0 Å². The van der Waals surface area contributed by atoms with Crippen LogP contribution in [0.3, 0.4) is 0 Å². The van der Waals surface area contributed by atoms with E-state index in [1.807, 2.05) is 37.4 Å². The number of nitrogens with zero attached hydrogens (tertiary/aromatic N) is 3. The Labute approximate surface area is 184 Å². The summed E-state index contributed by atoms with van der Waals surface area (Å²) in [5, 5.41) is 15.7. The molecule has 3 heterocycles. The quantitative estimate of drug-likeness (QED) is 0.208. The Hall–Kier alpha value is -4.06. The van der Waals surface area contributed by atoms with Crippen molar-refractivity contribution in [1.82, 2.24) is 10.2 Å². The number of hydrogen-bond acceptors (Lipinski definition) is 6. The molecule has 0 radical (unpaired) electrons. The van der Waals surface area contributed by atoms with Crippen LogP contribution in [0.25, 0.3) is 11.0 Å². The van der Waals surface area contributed by atoms with Crippen LogP contribution in [-0.2, 0) is 4.79 Å². The maximum atomic E-state index is 13.1. The maximum Gasteiger partial charge on any atom is 0.247 e. The van der Waals surface area contributed by atoms with Gasteiger partial charge in [-0.15, -0.1) is 0 Å². The highest BCUT2D eigenvalue weighted by atomic mass is 16.3. The Morgan fingerprint density at radius 1 is 1.31 bits per heavy atom. The summed E-state index contributed by atoms with van der Waals surface area (Å²) in [6.07, 6.45) is 6.76. The van der Waals surface area contributed by atoms with Gasteiger partial charge in [-0.05, 0) is 56.5 Å². The van der Waals surface area contributed by atoms with E-state index in [-0.39, 0.29) is 24.2 Å². The molecule has 32 heavy (non-hydrogen) atoms. The number of nitriles is 1. The van der Waals surface area contributed by atoms with Gasteiger partial charge in [0.1, 0.15) is 23.6 Å². The third-order valence-corrected chi connectivity index (χ3v) is 5.29. The molecule has 1 fully saturated rings. The minimum atomic E-state index is -0.696. The van der Waals surface area contributed by atoms with E-state index >= 15 is 0 Å². The topological polar surface area (TPSA) is 124 Å². The first kappa shape index (κ1) is 21.2. The average Bonchev–Trinajstić information content (AvgIpc) is 3.39. The average molecular weight is 433 g/mol. The van der Waals surface area contributed by atoms with Crippen molar-refractivity contribution in [3.05, 3.63) is 54.2 Å². The summed E-state index contributed by atoms with van der Waals surface area (Å²) in [7, 11) is 0. The standard InChI is InChI=1S/C23H23N5O4/c1-15-10-17-11-18(5-6-21(17)32-15)26-23(25-14-24)27-19-4-2-3-8-28(22(19)30)12-20(29)16-7-9-31-13-16/h5-7,9-11,13,19H,2-4,8,12H2,1H3,(H2,25,26,27)/t19-/m0/s1. The van der Waals surface area contributed by atoms with Crippen molar-refractivity contribution < 1.29 is 18.4 Å². The van der Waals surface area contributed by atoms with E-state index in [1.165, 1.54) is 17.4 Å². The molecule has 0 unspecified atom stereocenters. The van der Waals surface area contributed by atoms with Crippen LogP contribution in [0.2, 0.25) is 0 Å². The molecule has 1 atom stereocenters. The van der Waals surface area contributed by atoms with E-state index in [0.717, 1.165) is 29.6 Å². The molecule has 1 amide bonds. The second kappa shape index (κ2) is 9.39. The Morgan fingerprint density at radius 3 is 2.97 bits per heavy atom. The smallest absolute Gasteiger partial charge is 0.247 e. The van der Waals surface area contributed by atoms with Crippen molar-refractivity contribution >= 4 is 34.3 Å². The Bertz CT molecular complexity index is 1190. The van der Waals surface area contributed by atoms with Crippen LogP contribution in [0, 0.1) is 18.4 Å². The van der Waals surface area contributed by atoms with E-state index in [1.54, 1.807) is 6.07 Å². The van der Waals surface area contributed by atoms with Crippen LogP contribution in [0.5, 0.6) is 0 Å². The lowest BCUT2D eigenvalue weighted by atomic mass is 10.1. The second-order valence-electron chi connectivity index (χ2n) is 7.66. The van der Waals surface area contributed by atoms with Crippen molar-refractivity contribution in [2.24, 2.45) is 4.99 Å². The zero-order valence-electron chi connectivity index (χ0n) is 17.6. The number of aryl methyl sites for hydroxylation is 1. The normalized spacial score (nSPS) is 17.1. The van der Waals surface area contributed by atoms with Crippen molar-refractivity contribution in [3.63, 3.8) is 0 Å². The van der Waals surface area contributed by atoms with E-state index in [4.69, 9.17) is 8.83 Å². The molecule has 1 aliphatic rings. The van der Waals surface area contributed by atoms with Gasteiger partial charge in [-0.25, -0.2) is 4.99 Å². The fourth-order valence-electron chi connectivity index (χ4n) is 3.74. The number of guanidine groups is 1. The number of likely N-dealkylation sites (tertiary alicyclic amines) is 1. The van der Waals surface area contributed by atoms with Crippen LogP contribution in [0.15, 0.2) is 56.7 Å². The highest BCUT2D eigenvalue weighted by molar-refractivity contribution is 6.01. The molecular weight excluding hydrogens is 410 g/mol. The van der Waals surface area contributed by atoms with Crippen molar-refractivity contribution in [2.45, 2.75) is 32.2 Å². The van der Waals surface area contributed by atoms with E-state index in [2.05, 4.69) is 15.6 Å². The Morgan fingerprint density at radius 2 is 2.19 bits per heavy atom. The summed E-state index contributed by atoms with van der Waals surface area (Å²) >= 11 is 0. The number of furan rings is 2. The molecule has 164 valence electrons.